The number of aromatic nitrogens is 1. The fourth-order valence-electron chi connectivity index (χ4n) is 9.55. The largest absolute Gasteiger partial charge is 0.508 e. The number of phenols is 3. The van der Waals surface area contributed by atoms with E-state index >= 15 is 0 Å². The zero-order valence-corrected chi connectivity index (χ0v) is 51.2. The molecule has 0 unspecified atom stereocenters. The summed E-state index contributed by atoms with van der Waals surface area (Å²) >= 11 is 1.36. The molecule has 0 saturated carbocycles. The van der Waals surface area contributed by atoms with Crippen molar-refractivity contribution in [3.63, 3.8) is 0 Å². The average molecular weight is 1220 g/mol. The molecular weight excluding hydrogens is 1140 g/mol. The summed E-state index contributed by atoms with van der Waals surface area (Å²) in [7, 11) is 0. The van der Waals surface area contributed by atoms with E-state index in [1.807, 2.05) is 45.0 Å². The highest BCUT2D eigenvalue weighted by Gasteiger charge is 2.36. The second-order valence-electron chi connectivity index (χ2n) is 22.7. The molecule has 4 aromatic carbocycles. The molecule has 0 spiro atoms. The second-order valence-corrected chi connectivity index (χ2v) is 23.7. The minimum absolute atomic E-state index is 0.0228. The molecule has 1 heterocycles. The van der Waals surface area contributed by atoms with Gasteiger partial charge in [0, 0.05) is 36.4 Å². The maximum absolute atomic E-state index is 14.7. The lowest BCUT2D eigenvalue weighted by Crippen LogP contribution is -2.61. The van der Waals surface area contributed by atoms with Gasteiger partial charge in [-0.3, -0.25) is 38.4 Å². The van der Waals surface area contributed by atoms with Gasteiger partial charge in [-0.15, -0.1) is 0 Å². The number of nitrogens with two attached hydrogens (primary N) is 1. The molecule has 0 aliphatic rings. The number of fused-ring (bicyclic) bond motifs is 1. The first-order valence-electron chi connectivity index (χ1n) is 29.1. The molecule has 5 aromatic rings. The highest BCUT2D eigenvalue weighted by molar-refractivity contribution is 7.98. The van der Waals surface area contributed by atoms with E-state index in [1.165, 1.54) is 79.3 Å². The quantitative estimate of drug-likeness (QED) is 0.0286. The first-order valence-corrected chi connectivity index (χ1v) is 30.5. The van der Waals surface area contributed by atoms with E-state index in [1.54, 1.807) is 45.4 Å². The van der Waals surface area contributed by atoms with Crippen LogP contribution in [0.15, 0.2) is 103 Å². The van der Waals surface area contributed by atoms with Crippen molar-refractivity contribution in [2.24, 2.45) is 23.5 Å². The molecule has 10 atom stereocenters. The summed E-state index contributed by atoms with van der Waals surface area (Å²) in [5.74, 6) is -8.44. The van der Waals surface area contributed by atoms with E-state index in [-0.39, 0.29) is 61.7 Å². The summed E-state index contributed by atoms with van der Waals surface area (Å²) in [5.41, 5.74) is 9.61. The van der Waals surface area contributed by atoms with Gasteiger partial charge >= 0.3 is 5.97 Å². The van der Waals surface area contributed by atoms with Crippen LogP contribution >= 0.6 is 11.8 Å². The van der Waals surface area contributed by atoms with Crippen molar-refractivity contribution < 1.29 is 63.6 Å². The number of H-pyrrole nitrogens is 1. The number of hydrogen-bond acceptors (Lipinski definition) is 14. The molecule has 87 heavy (non-hydrogen) atoms. The Balaban J connectivity index is 1.37. The molecule has 0 aliphatic heterocycles. The van der Waals surface area contributed by atoms with Crippen molar-refractivity contribution in [1.82, 2.24) is 47.5 Å². The van der Waals surface area contributed by atoms with E-state index in [4.69, 9.17) is 5.73 Å². The van der Waals surface area contributed by atoms with Crippen LogP contribution in [0.25, 0.3) is 10.9 Å². The van der Waals surface area contributed by atoms with Crippen LogP contribution in [-0.4, -0.2) is 145 Å². The minimum atomic E-state index is -1.43. The predicted octanol–water partition coefficient (Wildman–Crippen LogP) is 3.37. The smallest absolute Gasteiger partial charge is 0.326 e. The van der Waals surface area contributed by atoms with Crippen LogP contribution in [0.3, 0.4) is 0 Å². The topological polar surface area (TPSA) is 373 Å². The van der Waals surface area contributed by atoms with Gasteiger partial charge in [0.15, 0.2) is 0 Å². The molecule has 0 bridgehead atoms. The van der Waals surface area contributed by atoms with Gasteiger partial charge in [0.2, 0.25) is 47.3 Å². The number of amides is 8. The molecule has 24 heteroatoms. The van der Waals surface area contributed by atoms with Crippen molar-refractivity contribution in [1.29, 1.82) is 0 Å². The summed E-state index contributed by atoms with van der Waals surface area (Å²) in [6, 6.07) is 13.5. The zero-order chi connectivity index (χ0) is 64.1. The molecule has 8 amide bonds. The lowest BCUT2D eigenvalue weighted by Gasteiger charge is -2.30. The Morgan fingerprint density at radius 3 is 1.41 bits per heavy atom. The number of phenolic OH excluding ortho intramolecular Hbond substituents is 3. The Morgan fingerprint density at radius 1 is 0.506 bits per heavy atom. The van der Waals surface area contributed by atoms with Crippen LogP contribution in [-0.2, 0) is 68.8 Å². The SMILES string of the molecule is CC[C@@H](C)[C@@H](NC(=O)[C@@H](CC(C)C)NC(=O)[C@H](N)Cc1c[nH]c2ccccc12)C(=O)N[C@H](Cc1ccc(O)cc1)C(=O)N[C@H](CCSC)C(=O)N[C@H](Cc1ccc(O)cc1)C(=O)N[C@H](C)C(=O)N[C@H](Cc1ccc(O)cc1)C(=O)N[C@H](C(=O)O)C(C)C. The standard InChI is InChI=1S/C63H84N10O13S/c1-9-36(6)54(73-60(82)49(28-34(2)3)69-56(78)46(64)32-41-33-65-47-13-11-10-12-45(41)47)62(84)71-51(30-39-16-22-43(75)23-17-39)59(81)67-48(26-27-87-8)57(79)70-50(29-38-14-20-42(74)21-15-38)58(80)66-37(7)55(77)68-52(31-40-18-24-44(76)25-19-40)61(83)72-53(35(4)5)63(85)86/h10-25,33-37,46,48-54,65,74-76H,9,26-32,64H2,1-8H3,(H,66,80)(H,67,81)(H,68,77)(H,69,78)(H,70,79)(H,71,84)(H,72,83)(H,73,82)(H,85,86)/t36-,37-,46-,48-,49-,50-,51-,52-,53+,54-/m1/s1. The second kappa shape index (κ2) is 33.3. The number of aromatic amines is 1. The van der Waals surface area contributed by atoms with Crippen LogP contribution in [0.2, 0.25) is 0 Å². The van der Waals surface area contributed by atoms with Crippen molar-refractivity contribution in [2.75, 3.05) is 12.0 Å². The number of rotatable bonds is 33. The number of benzene rings is 4. The van der Waals surface area contributed by atoms with Gasteiger partial charge in [-0.2, -0.15) is 11.8 Å². The van der Waals surface area contributed by atoms with E-state index in [0.29, 0.717) is 28.9 Å². The Bertz CT molecular complexity index is 3140. The fraction of sp³-hybridized carbons (Fsp3) is 0.444. The van der Waals surface area contributed by atoms with E-state index < -0.39 is 119 Å². The molecule has 0 fully saturated rings. The Kier molecular flexibility index (Phi) is 26.5. The monoisotopic (exact) mass is 1220 g/mol. The number of carboxylic acids is 1. The minimum Gasteiger partial charge on any atom is -0.508 e. The van der Waals surface area contributed by atoms with Gasteiger partial charge in [-0.1, -0.05) is 103 Å². The molecule has 0 radical (unpaired) electrons. The van der Waals surface area contributed by atoms with E-state index in [2.05, 4.69) is 47.5 Å². The summed E-state index contributed by atoms with van der Waals surface area (Å²) in [5, 5.41) is 62.4. The van der Waals surface area contributed by atoms with Gasteiger partial charge in [0.1, 0.15) is 65.6 Å². The number of carbonyl (C=O) groups is 9. The number of hydrogen-bond donors (Lipinski definition) is 14. The number of aromatic hydroxyl groups is 3. The number of carboxylic acid groups (broad SMARTS) is 1. The van der Waals surface area contributed by atoms with Gasteiger partial charge in [0.05, 0.1) is 6.04 Å². The molecule has 0 aliphatic carbocycles. The van der Waals surface area contributed by atoms with Crippen LogP contribution < -0.4 is 48.3 Å². The lowest BCUT2D eigenvalue weighted by atomic mass is 9.95. The van der Waals surface area contributed by atoms with Gasteiger partial charge in [-0.05, 0) is 121 Å². The Hall–Kier alpha value is -8.64. The third-order valence-electron chi connectivity index (χ3n) is 14.8. The Morgan fingerprint density at radius 2 is 0.931 bits per heavy atom. The van der Waals surface area contributed by atoms with Crippen LogP contribution in [0.1, 0.15) is 90.0 Å². The van der Waals surface area contributed by atoms with Crippen molar-refractivity contribution in [3.8, 4) is 17.2 Å². The first-order chi connectivity index (χ1) is 41.3. The Labute approximate surface area is 510 Å². The molecule has 5 rings (SSSR count). The third kappa shape index (κ3) is 21.4. The maximum atomic E-state index is 14.7. The highest BCUT2D eigenvalue weighted by Crippen LogP contribution is 2.21. The summed E-state index contributed by atoms with van der Waals surface area (Å²) in [6.45, 7) is 11.9. The van der Waals surface area contributed by atoms with E-state index in [0.717, 1.165) is 16.5 Å². The molecular formula is C63H84N10O13S. The highest BCUT2D eigenvalue weighted by atomic mass is 32.2. The molecule has 23 nitrogen and oxygen atoms in total. The van der Waals surface area contributed by atoms with E-state index in [9.17, 15) is 63.6 Å². The van der Waals surface area contributed by atoms with Crippen LogP contribution in [0, 0.1) is 17.8 Å². The number of nitrogens with one attached hydrogen (secondary N) is 9. The van der Waals surface area contributed by atoms with Gasteiger partial charge in [-0.25, -0.2) is 4.79 Å². The van der Waals surface area contributed by atoms with Crippen LogP contribution in [0.5, 0.6) is 17.2 Å². The van der Waals surface area contributed by atoms with Gasteiger partial charge < -0.3 is 73.7 Å². The molecule has 470 valence electrons. The fourth-order valence-corrected chi connectivity index (χ4v) is 10.0. The molecule has 1 aromatic heterocycles. The number of para-hydroxylation sites is 1. The van der Waals surface area contributed by atoms with Crippen molar-refractivity contribution in [3.05, 3.63) is 126 Å². The normalized spacial score (nSPS) is 14.8. The molecule has 15 N–H and O–H groups in total. The maximum Gasteiger partial charge on any atom is 0.326 e. The number of aliphatic carboxylic acids is 1. The lowest BCUT2D eigenvalue weighted by molar-refractivity contribution is -0.143. The van der Waals surface area contributed by atoms with Gasteiger partial charge in [0.25, 0.3) is 0 Å². The number of thioether (sulfide) groups is 1. The summed E-state index contributed by atoms with van der Waals surface area (Å²) in [4.78, 5) is 129. The predicted molar refractivity (Wildman–Crippen MR) is 331 cm³/mol. The van der Waals surface area contributed by atoms with Crippen LogP contribution in [0.4, 0.5) is 0 Å². The number of carbonyl (C=O) groups excluding carboxylic acids is 8. The summed E-state index contributed by atoms with van der Waals surface area (Å²) in [6.07, 6.45) is 3.89. The van der Waals surface area contributed by atoms with Crippen molar-refractivity contribution >= 4 is 75.9 Å². The first kappa shape index (κ1) is 69.1. The summed E-state index contributed by atoms with van der Waals surface area (Å²) < 4.78 is 0. The zero-order valence-electron chi connectivity index (χ0n) is 50.3. The van der Waals surface area contributed by atoms with Crippen molar-refractivity contribution in [2.45, 2.75) is 148 Å². The third-order valence-corrected chi connectivity index (χ3v) is 15.5. The average Bonchev–Trinajstić information content (AvgIpc) is 2.86. The molecule has 0 saturated heterocycles.